The molecule has 3 aromatic rings. The van der Waals surface area contributed by atoms with Gasteiger partial charge in [-0.3, -0.25) is 0 Å². The topological polar surface area (TPSA) is 94.6 Å². The van der Waals surface area contributed by atoms with E-state index in [0.717, 1.165) is 58.6 Å². The van der Waals surface area contributed by atoms with Gasteiger partial charge in [0.15, 0.2) is 8.32 Å². The number of carbonyl (C=O) groups is 1. The van der Waals surface area contributed by atoms with E-state index < -0.39 is 14.3 Å². The molecule has 1 aromatic carbocycles. The summed E-state index contributed by atoms with van der Waals surface area (Å²) >= 11 is 0. The van der Waals surface area contributed by atoms with Crippen LogP contribution in [0.25, 0.3) is 10.9 Å². The summed E-state index contributed by atoms with van der Waals surface area (Å²) in [6, 6.07) is 8.52. The first-order chi connectivity index (χ1) is 18.0. The molecule has 9 heteroatoms. The summed E-state index contributed by atoms with van der Waals surface area (Å²) in [4.78, 5) is 27.8. The minimum absolute atomic E-state index is 0.120. The molecule has 3 heterocycles. The van der Waals surface area contributed by atoms with E-state index in [2.05, 4.69) is 89.1 Å². The fourth-order valence-corrected chi connectivity index (χ4v) is 5.87. The van der Waals surface area contributed by atoms with Gasteiger partial charge in [0.2, 0.25) is 5.95 Å². The molecule has 0 bridgehead atoms. The monoisotopic (exact) mass is 537 g/mol. The molecule has 1 fully saturated rings. The quantitative estimate of drug-likeness (QED) is 0.315. The number of carboxylic acid groups (broad SMARTS) is 1. The van der Waals surface area contributed by atoms with Crippen molar-refractivity contribution in [3.63, 3.8) is 0 Å². The van der Waals surface area contributed by atoms with Crippen molar-refractivity contribution in [2.45, 2.75) is 58.2 Å². The maximum absolute atomic E-state index is 11.1. The smallest absolute Gasteiger partial charge is 0.338 e. The number of piperidine rings is 1. The van der Waals surface area contributed by atoms with Crippen molar-refractivity contribution in [3.05, 3.63) is 54.0 Å². The molecule has 1 aliphatic heterocycles. The number of hydrogen-bond acceptors (Lipinski definition) is 6. The number of nitrogens with zero attached hydrogens (tertiary/aromatic N) is 4. The maximum Gasteiger partial charge on any atom is 0.338 e. The predicted molar refractivity (Wildman–Crippen MR) is 156 cm³/mol. The van der Waals surface area contributed by atoms with Gasteiger partial charge in [-0.15, -0.1) is 0 Å². The lowest BCUT2D eigenvalue weighted by molar-refractivity contribution is 0.0696. The van der Waals surface area contributed by atoms with Gasteiger partial charge >= 0.3 is 5.97 Å². The molecular formula is C29H43N5O3Si. The second-order valence-corrected chi connectivity index (χ2v) is 16.8. The van der Waals surface area contributed by atoms with Crippen LogP contribution in [0.15, 0.2) is 42.9 Å². The first kappa shape index (κ1) is 28.3. The number of aromatic carboxylic acids is 1. The van der Waals surface area contributed by atoms with Gasteiger partial charge in [-0.05, 0) is 54.9 Å². The van der Waals surface area contributed by atoms with Crippen molar-refractivity contribution in [3.8, 4) is 0 Å². The Labute approximate surface area is 227 Å². The van der Waals surface area contributed by atoms with Crippen molar-refractivity contribution in [1.29, 1.82) is 0 Å². The van der Waals surface area contributed by atoms with Gasteiger partial charge in [0.05, 0.1) is 5.56 Å². The minimum Gasteiger partial charge on any atom is -0.478 e. The predicted octanol–water partition coefficient (Wildman–Crippen LogP) is 5.44. The molecule has 0 spiro atoms. The van der Waals surface area contributed by atoms with Gasteiger partial charge in [0.1, 0.15) is 0 Å². The highest BCUT2D eigenvalue weighted by Gasteiger charge is 2.37. The maximum atomic E-state index is 11.1. The zero-order valence-corrected chi connectivity index (χ0v) is 24.5. The van der Waals surface area contributed by atoms with E-state index in [1.165, 1.54) is 28.9 Å². The molecule has 2 aromatic heterocycles. The summed E-state index contributed by atoms with van der Waals surface area (Å²) in [6.45, 7) is 17.1. The number of carboxylic acids is 1. The van der Waals surface area contributed by atoms with Crippen LogP contribution in [-0.4, -0.2) is 78.6 Å². The van der Waals surface area contributed by atoms with Crippen LogP contribution in [0.5, 0.6) is 0 Å². The zero-order chi connectivity index (χ0) is 27.3. The van der Waals surface area contributed by atoms with Crippen LogP contribution in [0.3, 0.4) is 0 Å². The van der Waals surface area contributed by atoms with E-state index in [0.29, 0.717) is 11.9 Å². The van der Waals surface area contributed by atoms with Crippen LogP contribution >= 0.6 is 0 Å². The Kier molecular flexibility index (Phi) is 8.90. The first-order valence-corrected chi connectivity index (χ1v) is 16.7. The molecule has 8 nitrogen and oxygen atoms in total. The van der Waals surface area contributed by atoms with Gasteiger partial charge in [0, 0.05) is 68.8 Å². The Morgan fingerprint density at radius 3 is 2.50 bits per heavy atom. The van der Waals surface area contributed by atoms with E-state index in [1.54, 1.807) is 0 Å². The third kappa shape index (κ3) is 7.01. The molecule has 206 valence electrons. The number of fused-ring (bicyclic) bond motifs is 1. The molecule has 0 radical (unpaired) electrons. The van der Waals surface area contributed by atoms with Crippen molar-refractivity contribution in [2.24, 2.45) is 5.92 Å². The third-order valence-electron chi connectivity index (χ3n) is 8.35. The fraction of sp³-hybridized carbons (Fsp3) is 0.552. The number of benzene rings is 1. The molecule has 0 unspecified atom stereocenters. The largest absolute Gasteiger partial charge is 0.478 e. The summed E-state index contributed by atoms with van der Waals surface area (Å²) in [5.41, 5.74) is 2.68. The van der Waals surface area contributed by atoms with Crippen LogP contribution < -0.4 is 4.90 Å². The van der Waals surface area contributed by atoms with Crippen molar-refractivity contribution < 1.29 is 14.3 Å². The number of para-hydroxylation sites is 1. The van der Waals surface area contributed by atoms with Crippen LogP contribution in [-0.2, 0) is 10.8 Å². The van der Waals surface area contributed by atoms with E-state index in [4.69, 9.17) is 9.53 Å². The van der Waals surface area contributed by atoms with Crippen molar-refractivity contribution in [1.82, 2.24) is 19.9 Å². The molecule has 0 aliphatic carbocycles. The SMILES string of the molecule is CC(C)(C)[Si](C)(C)OCCN(CCc1c[nH]c2ccccc12)CC1CCN(c2ncc(C(=O)O)cn2)CC1. The Balaban J connectivity index is 1.35. The number of aromatic nitrogens is 3. The molecule has 4 rings (SSSR count). The molecule has 0 amide bonds. The molecule has 2 N–H and O–H groups in total. The second-order valence-electron chi connectivity index (χ2n) is 12.0. The Bertz CT molecular complexity index is 1200. The highest BCUT2D eigenvalue weighted by atomic mass is 28.4. The molecule has 1 aliphatic rings. The lowest BCUT2D eigenvalue weighted by atomic mass is 9.96. The van der Waals surface area contributed by atoms with Crippen LogP contribution in [0.4, 0.5) is 5.95 Å². The molecule has 1 saturated heterocycles. The number of H-pyrrole nitrogens is 1. The summed E-state index contributed by atoms with van der Waals surface area (Å²) in [5.74, 6) is 0.216. The summed E-state index contributed by atoms with van der Waals surface area (Å²) in [7, 11) is -1.78. The second kappa shape index (κ2) is 12.0. The van der Waals surface area contributed by atoms with Crippen LogP contribution in [0.2, 0.25) is 18.1 Å². The van der Waals surface area contributed by atoms with E-state index in [-0.39, 0.29) is 10.6 Å². The average Bonchev–Trinajstić information content (AvgIpc) is 3.30. The van der Waals surface area contributed by atoms with E-state index in [9.17, 15) is 4.79 Å². The van der Waals surface area contributed by atoms with Gasteiger partial charge in [-0.1, -0.05) is 39.0 Å². The van der Waals surface area contributed by atoms with E-state index >= 15 is 0 Å². The molecule has 38 heavy (non-hydrogen) atoms. The molecular weight excluding hydrogens is 494 g/mol. The van der Waals surface area contributed by atoms with Crippen LogP contribution in [0, 0.1) is 5.92 Å². The first-order valence-electron chi connectivity index (χ1n) is 13.7. The highest BCUT2D eigenvalue weighted by Crippen LogP contribution is 2.36. The van der Waals surface area contributed by atoms with Crippen molar-refractivity contribution >= 4 is 31.1 Å². The summed E-state index contributed by atoms with van der Waals surface area (Å²) < 4.78 is 6.55. The highest BCUT2D eigenvalue weighted by molar-refractivity contribution is 6.74. The summed E-state index contributed by atoms with van der Waals surface area (Å²) in [5, 5.41) is 10.6. The van der Waals surface area contributed by atoms with Crippen molar-refractivity contribution in [2.75, 3.05) is 44.2 Å². The van der Waals surface area contributed by atoms with Gasteiger partial charge in [-0.2, -0.15) is 0 Å². The number of rotatable bonds is 11. The lowest BCUT2D eigenvalue weighted by Gasteiger charge is -2.38. The van der Waals surface area contributed by atoms with Crippen LogP contribution in [0.1, 0.15) is 49.5 Å². The minimum atomic E-state index is -1.78. The lowest BCUT2D eigenvalue weighted by Crippen LogP contribution is -2.44. The fourth-order valence-electron chi connectivity index (χ4n) is 4.83. The Morgan fingerprint density at radius 2 is 1.84 bits per heavy atom. The van der Waals surface area contributed by atoms with Gasteiger partial charge in [0.25, 0.3) is 0 Å². The van der Waals surface area contributed by atoms with E-state index in [1.807, 2.05) is 0 Å². The van der Waals surface area contributed by atoms with Gasteiger partial charge < -0.3 is 24.3 Å². The Morgan fingerprint density at radius 1 is 1.16 bits per heavy atom. The number of aromatic amines is 1. The average molecular weight is 538 g/mol. The normalized spacial score (nSPS) is 15.5. The number of anilines is 1. The number of hydrogen-bond donors (Lipinski definition) is 2. The molecule has 0 saturated carbocycles. The standard InChI is InChI=1S/C29H43N5O3Si/c1-29(2,3)38(4,5)37-17-16-33(13-12-23-18-30-26-9-7-6-8-25(23)26)21-22-10-14-34(15-11-22)28-31-19-24(20-32-28)27(35)36/h6-9,18-20,22,30H,10-17,21H2,1-5H3,(H,35,36). The summed E-state index contributed by atoms with van der Waals surface area (Å²) in [6.07, 6.45) is 8.08. The zero-order valence-electron chi connectivity index (χ0n) is 23.5. The number of nitrogens with one attached hydrogen (secondary N) is 1. The third-order valence-corrected chi connectivity index (χ3v) is 12.9. The Hall–Kier alpha value is -2.75. The molecule has 0 atom stereocenters. The van der Waals surface area contributed by atoms with Gasteiger partial charge in [-0.25, -0.2) is 14.8 Å².